The molecule has 5 nitrogen and oxygen atoms in total. The molecule has 0 aliphatic carbocycles. The second-order valence-corrected chi connectivity index (χ2v) is 6.52. The number of amides is 3. The maximum atomic E-state index is 13.3. The van der Waals surface area contributed by atoms with E-state index in [9.17, 15) is 14.0 Å². The molecular formula is C17H24FN3O2. The molecule has 1 aliphatic heterocycles. The molecule has 1 fully saturated rings. The third-order valence-corrected chi connectivity index (χ3v) is 4.16. The highest BCUT2D eigenvalue weighted by Gasteiger charge is 2.22. The fourth-order valence-electron chi connectivity index (χ4n) is 2.61. The highest BCUT2D eigenvalue weighted by Crippen LogP contribution is 2.22. The average Bonchev–Trinajstić information content (AvgIpc) is 3.05. The summed E-state index contributed by atoms with van der Waals surface area (Å²) in [6.07, 6.45) is 2.06. The van der Waals surface area contributed by atoms with E-state index in [2.05, 4.69) is 10.6 Å². The van der Waals surface area contributed by atoms with E-state index in [-0.39, 0.29) is 24.3 Å². The van der Waals surface area contributed by atoms with Crippen LogP contribution in [0.3, 0.4) is 0 Å². The van der Waals surface area contributed by atoms with Crippen LogP contribution in [0.5, 0.6) is 0 Å². The third kappa shape index (κ3) is 4.94. The Bertz CT molecular complexity index is 569. The highest BCUT2D eigenvalue weighted by molar-refractivity contribution is 5.84. The zero-order valence-electron chi connectivity index (χ0n) is 13.7. The van der Waals surface area contributed by atoms with Crippen molar-refractivity contribution in [3.05, 3.63) is 35.6 Å². The van der Waals surface area contributed by atoms with Crippen molar-refractivity contribution < 1.29 is 14.0 Å². The van der Waals surface area contributed by atoms with Gasteiger partial charge >= 0.3 is 6.03 Å². The molecule has 1 aromatic rings. The Hall–Kier alpha value is -2.11. The average molecular weight is 321 g/mol. The minimum absolute atomic E-state index is 0.00618. The number of likely N-dealkylation sites (tertiary alicyclic amines) is 1. The van der Waals surface area contributed by atoms with Crippen molar-refractivity contribution >= 4 is 11.9 Å². The maximum Gasteiger partial charge on any atom is 0.315 e. The van der Waals surface area contributed by atoms with Crippen LogP contribution < -0.4 is 10.6 Å². The lowest BCUT2D eigenvalue weighted by Crippen LogP contribution is -2.46. The van der Waals surface area contributed by atoms with E-state index in [4.69, 9.17) is 0 Å². The monoisotopic (exact) mass is 321 g/mol. The number of benzene rings is 1. The van der Waals surface area contributed by atoms with Gasteiger partial charge in [-0.2, -0.15) is 0 Å². The van der Waals surface area contributed by atoms with Crippen LogP contribution in [0.15, 0.2) is 24.3 Å². The molecule has 2 rings (SSSR count). The van der Waals surface area contributed by atoms with Crippen LogP contribution in [0.4, 0.5) is 9.18 Å². The second-order valence-electron chi connectivity index (χ2n) is 6.52. The summed E-state index contributed by atoms with van der Waals surface area (Å²) in [4.78, 5) is 25.5. The number of carbonyl (C=O) groups excluding carboxylic acids is 2. The first-order chi connectivity index (χ1) is 10.9. The van der Waals surface area contributed by atoms with Gasteiger partial charge in [-0.15, -0.1) is 0 Å². The first-order valence-corrected chi connectivity index (χ1v) is 7.94. The van der Waals surface area contributed by atoms with Crippen molar-refractivity contribution in [1.82, 2.24) is 15.5 Å². The van der Waals surface area contributed by atoms with Gasteiger partial charge in [0.15, 0.2) is 0 Å². The van der Waals surface area contributed by atoms with Crippen molar-refractivity contribution in [2.75, 3.05) is 26.2 Å². The highest BCUT2D eigenvalue weighted by atomic mass is 19.1. The number of rotatable bonds is 5. The van der Waals surface area contributed by atoms with Gasteiger partial charge < -0.3 is 15.5 Å². The van der Waals surface area contributed by atoms with Crippen molar-refractivity contribution in [2.45, 2.75) is 32.1 Å². The van der Waals surface area contributed by atoms with Crippen LogP contribution in [-0.2, 0) is 10.2 Å². The summed E-state index contributed by atoms with van der Waals surface area (Å²) in [5.74, 6) is -0.349. The molecule has 126 valence electrons. The zero-order chi connectivity index (χ0) is 16.9. The molecule has 0 aromatic heterocycles. The number of carbonyl (C=O) groups is 2. The normalized spacial score (nSPS) is 14.7. The molecule has 0 unspecified atom stereocenters. The lowest BCUT2D eigenvalue weighted by molar-refractivity contribution is -0.128. The summed E-state index contributed by atoms with van der Waals surface area (Å²) in [5.41, 5.74) is 0.407. The number of halogens is 1. The molecule has 1 saturated heterocycles. The van der Waals surface area contributed by atoms with Gasteiger partial charge in [0.1, 0.15) is 5.82 Å². The van der Waals surface area contributed by atoms with Gasteiger partial charge in [-0.25, -0.2) is 9.18 Å². The van der Waals surface area contributed by atoms with Crippen molar-refractivity contribution in [1.29, 1.82) is 0 Å². The maximum absolute atomic E-state index is 13.3. The van der Waals surface area contributed by atoms with Gasteiger partial charge in [0.2, 0.25) is 5.91 Å². The fourth-order valence-corrected chi connectivity index (χ4v) is 2.61. The number of urea groups is 1. The lowest BCUT2D eigenvalue weighted by atomic mass is 9.84. The molecule has 6 heteroatoms. The summed E-state index contributed by atoms with van der Waals surface area (Å²) in [6, 6.07) is 5.96. The molecule has 0 radical (unpaired) electrons. The van der Waals surface area contributed by atoms with Gasteiger partial charge in [-0.05, 0) is 30.5 Å². The molecule has 0 saturated carbocycles. The van der Waals surface area contributed by atoms with Gasteiger partial charge in [-0.1, -0.05) is 26.0 Å². The zero-order valence-corrected chi connectivity index (χ0v) is 13.7. The van der Waals surface area contributed by atoms with Gasteiger partial charge in [0.25, 0.3) is 0 Å². The lowest BCUT2D eigenvalue weighted by Gasteiger charge is -2.26. The minimum Gasteiger partial charge on any atom is -0.341 e. The standard InChI is InChI=1S/C17H24FN3O2/c1-17(2,13-6-5-7-14(18)10-13)12-20-16(23)19-11-15(22)21-8-3-4-9-21/h5-7,10H,3-4,8-9,11-12H2,1-2H3,(H2,19,20,23). The molecule has 0 spiro atoms. The van der Waals surface area contributed by atoms with Crippen LogP contribution in [0.1, 0.15) is 32.3 Å². The Kier molecular flexibility index (Phi) is 5.58. The van der Waals surface area contributed by atoms with Crippen LogP contribution in [0, 0.1) is 5.82 Å². The fraction of sp³-hybridized carbons (Fsp3) is 0.529. The van der Waals surface area contributed by atoms with Gasteiger partial charge in [-0.3, -0.25) is 4.79 Å². The predicted molar refractivity (Wildman–Crippen MR) is 86.6 cm³/mol. The number of nitrogens with one attached hydrogen (secondary N) is 2. The summed E-state index contributed by atoms with van der Waals surface area (Å²) in [5, 5.41) is 5.32. The van der Waals surface area contributed by atoms with Crippen molar-refractivity contribution in [3.8, 4) is 0 Å². The minimum atomic E-state index is -0.404. The number of hydrogen-bond donors (Lipinski definition) is 2. The Morgan fingerprint density at radius 2 is 1.91 bits per heavy atom. The van der Waals surface area contributed by atoms with Crippen LogP contribution in [0.2, 0.25) is 0 Å². The summed E-state index contributed by atoms with van der Waals surface area (Å²) >= 11 is 0. The molecule has 1 heterocycles. The number of hydrogen-bond acceptors (Lipinski definition) is 2. The van der Waals surface area contributed by atoms with Crippen LogP contribution in [0.25, 0.3) is 0 Å². The smallest absolute Gasteiger partial charge is 0.315 e. The third-order valence-electron chi connectivity index (χ3n) is 4.16. The molecule has 0 bridgehead atoms. The van der Waals surface area contributed by atoms with Crippen molar-refractivity contribution in [3.63, 3.8) is 0 Å². The quantitative estimate of drug-likeness (QED) is 0.872. The van der Waals surface area contributed by atoms with Crippen molar-refractivity contribution in [2.24, 2.45) is 0 Å². The van der Waals surface area contributed by atoms with E-state index >= 15 is 0 Å². The Balaban J connectivity index is 1.78. The summed E-state index contributed by atoms with van der Waals surface area (Å²) in [7, 11) is 0. The molecule has 23 heavy (non-hydrogen) atoms. The van der Waals surface area contributed by atoms with E-state index in [0.29, 0.717) is 6.54 Å². The van der Waals surface area contributed by atoms with Gasteiger partial charge in [0.05, 0.1) is 6.54 Å². The van der Waals surface area contributed by atoms with E-state index < -0.39 is 5.41 Å². The molecule has 3 amide bonds. The Labute approximate surface area is 136 Å². The summed E-state index contributed by atoms with van der Waals surface area (Å²) in [6.45, 7) is 5.75. The molecule has 1 aliphatic rings. The van der Waals surface area contributed by atoms with E-state index in [1.54, 1.807) is 11.0 Å². The topological polar surface area (TPSA) is 61.4 Å². The Morgan fingerprint density at radius 1 is 1.22 bits per heavy atom. The van der Waals surface area contributed by atoms with E-state index in [1.165, 1.54) is 12.1 Å². The molecule has 0 atom stereocenters. The summed E-state index contributed by atoms with van der Waals surface area (Å²) < 4.78 is 13.3. The molecule has 1 aromatic carbocycles. The molecular weight excluding hydrogens is 297 g/mol. The van der Waals surface area contributed by atoms with Crippen LogP contribution >= 0.6 is 0 Å². The predicted octanol–water partition coefficient (Wildman–Crippen LogP) is 2.02. The number of nitrogens with zero attached hydrogens (tertiary/aromatic N) is 1. The Morgan fingerprint density at radius 3 is 2.57 bits per heavy atom. The van der Waals surface area contributed by atoms with E-state index in [1.807, 2.05) is 19.9 Å². The van der Waals surface area contributed by atoms with E-state index in [0.717, 1.165) is 31.5 Å². The van der Waals surface area contributed by atoms with Gasteiger partial charge in [0, 0.05) is 25.0 Å². The largest absolute Gasteiger partial charge is 0.341 e. The van der Waals surface area contributed by atoms with Crippen LogP contribution in [-0.4, -0.2) is 43.0 Å². The molecule has 2 N–H and O–H groups in total. The second kappa shape index (κ2) is 7.44. The SMILES string of the molecule is CC(C)(CNC(=O)NCC(=O)N1CCCC1)c1cccc(F)c1. The first kappa shape index (κ1) is 17.2. The first-order valence-electron chi connectivity index (χ1n) is 7.94.